The molecule has 1 aliphatic carbocycles. The lowest BCUT2D eigenvalue weighted by Crippen LogP contribution is -2.64. The van der Waals surface area contributed by atoms with Crippen LogP contribution in [0.3, 0.4) is 0 Å². The zero-order valence-corrected chi connectivity index (χ0v) is 38.1. The molecule has 6 N–H and O–H groups in total. The van der Waals surface area contributed by atoms with Crippen LogP contribution < -0.4 is 0 Å². The Balaban J connectivity index is 2.38. The Labute approximate surface area is 363 Å². The van der Waals surface area contributed by atoms with Crippen LogP contribution in [-0.4, -0.2) is 98.9 Å². The van der Waals surface area contributed by atoms with E-state index in [0.29, 0.717) is 13.0 Å². The Morgan fingerprint density at radius 1 is 0.550 bits per heavy atom. The topological polar surface area (TPSA) is 192 Å². The monoisotopic (exact) mass is 873 g/mol. The summed E-state index contributed by atoms with van der Waals surface area (Å²) in [6, 6.07) is 0. The average molecular weight is 873 g/mol. The number of hydrogen-bond donors (Lipinski definition) is 6. The number of phosphoric acid groups is 1. The van der Waals surface area contributed by atoms with Gasteiger partial charge in [0, 0.05) is 13.0 Å². The van der Waals surface area contributed by atoms with E-state index >= 15 is 0 Å². The molecule has 0 aromatic heterocycles. The molecule has 60 heavy (non-hydrogen) atoms. The van der Waals surface area contributed by atoms with Crippen molar-refractivity contribution in [3.05, 3.63) is 48.6 Å². The molecule has 0 saturated heterocycles. The molecule has 0 bridgehead atoms. The number of rotatable bonds is 39. The maximum absolute atomic E-state index is 12.8. The van der Waals surface area contributed by atoms with Crippen molar-refractivity contribution in [2.24, 2.45) is 0 Å². The SMILES string of the molecule is CC/C=C\C/C=C\C/C=C\C/C=C\CCCCCCCCCOCC(COP(=O)(O)OC1C(O)C(O)C(O)C(O)C1O)OC(=O)CCCCCCCCCCCCCCC. The molecule has 6 unspecified atom stereocenters. The third-order valence-corrected chi connectivity index (χ3v) is 11.7. The number of phosphoric ester groups is 1. The second-order valence-corrected chi connectivity index (χ2v) is 17.6. The highest BCUT2D eigenvalue weighted by molar-refractivity contribution is 7.47. The number of ether oxygens (including phenoxy) is 2. The first-order chi connectivity index (χ1) is 29.0. The molecular weight excluding hydrogens is 787 g/mol. The van der Waals surface area contributed by atoms with Crippen LogP contribution >= 0.6 is 7.82 Å². The van der Waals surface area contributed by atoms with Gasteiger partial charge in [-0.2, -0.15) is 0 Å². The summed E-state index contributed by atoms with van der Waals surface area (Å²) in [6.07, 6.45) is 33.2. The van der Waals surface area contributed by atoms with Gasteiger partial charge >= 0.3 is 13.8 Å². The lowest BCUT2D eigenvalue weighted by Gasteiger charge is -2.41. The first-order valence-corrected chi connectivity index (χ1v) is 25.0. The molecular formula is C47H85O12P. The van der Waals surface area contributed by atoms with Gasteiger partial charge in [0.15, 0.2) is 0 Å². The van der Waals surface area contributed by atoms with Crippen molar-refractivity contribution in [1.82, 2.24) is 0 Å². The number of aliphatic hydroxyl groups excluding tert-OH is 5. The van der Waals surface area contributed by atoms with Gasteiger partial charge in [0.05, 0.1) is 13.2 Å². The van der Waals surface area contributed by atoms with Gasteiger partial charge in [0.25, 0.3) is 0 Å². The van der Waals surface area contributed by atoms with Crippen LogP contribution in [0.4, 0.5) is 0 Å². The van der Waals surface area contributed by atoms with E-state index in [9.17, 15) is 39.8 Å². The van der Waals surface area contributed by atoms with Crippen molar-refractivity contribution in [2.45, 2.75) is 224 Å². The fourth-order valence-corrected chi connectivity index (χ4v) is 7.97. The van der Waals surface area contributed by atoms with Crippen LogP contribution in [0.25, 0.3) is 0 Å². The zero-order chi connectivity index (χ0) is 44.1. The largest absolute Gasteiger partial charge is 0.472 e. The predicted octanol–water partition coefficient (Wildman–Crippen LogP) is 9.64. The molecule has 0 spiro atoms. The minimum Gasteiger partial charge on any atom is -0.457 e. The fourth-order valence-electron chi connectivity index (χ4n) is 6.99. The minimum atomic E-state index is -5.02. The summed E-state index contributed by atoms with van der Waals surface area (Å²) in [5, 5.41) is 50.2. The lowest BCUT2D eigenvalue weighted by atomic mass is 9.85. The van der Waals surface area contributed by atoms with Gasteiger partial charge in [0.2, 0.25) is 0 Å². The Hall–Kier alpha value is -1.70. The normalized spacial score (nSPS) is 22.7. The average Bonchev–Trinajstić information content (AvgIpc) is 3.23. The van der Waals surface area contributed by atoms with E-state index in [2.05, 4.69) is 62.5 Å². The minimum absolute atomic E-state index is 0.0834. The maximum atomic E-state index is 12.8. The molecule has 0 heterocycles. The molecule has 0 aliphatic heterocycles. The third kappa shape index (κ3) is 29.6. The number of carbonyl (C=O) groups excluding carboxylic acids is 1. The second kappa shape index (κ2) is 37.8. The van der Waals surface area contributed by atoms with Gasteiger partial charge in [-0.25, -0.2) is 4.57 Å². The highest BCUT2D eigenvalue weighted by Gasteiger charge is 2.51. The van der Waals surface area contributed by atoms with Crippen molar-refractivity contribution in [3.63, 3.8) is 0 Å². The van der Waals surface area contributed by atoms with Gasteiger partial charge in [-0.15, -0.1) is 0 Å². The van der Waals surface area contributed by atoms with Crippen molar-refractivity contribution >= 4 is 13.8 Å². The van der Waals surface area contributed by atoms with E-state index in [1.54, 1.807) is 0 Å². The quantitative estimate of drug-likeness (QED) is 0.0149. The van der Waals surface area contributed by atoms with Crippen LogP contribution in [0.5, 0.6) is 0 Å². The predicted molar refractivity (Wildman–Crippen MR) is 239 cm³/mol. The van der Waals surface area contributed by atoms with Crippen molar-refractivity contribution in [3.8, 4) is 0 Å². The van der Waals surface area contributed by atoms with E-state index in [0.717, 1.165) is 77.0 Å². The van der Waals surface area contributed by atoms with Crippen LogP contribution in [0, 0.1) is 0 Å². The molecule has 13 heteroatoms. The van der Waals surface area contributed by atoms with Crippen molar-refractivity contribution in [2.75, 3.05) is 19.8 Å². The standard InChI is InChI=1S/C47H85O12P/c1-3-5-7-9-11-13-15-17-18-19-20-21-22-23-25-27-29-31-33-35-37-56-38-40(39-57-60(54,55)59-47-45(52)43(50)42(49)44(51)46(47)53)58-41(48)36-34-32-30-28-26-24-16-14-12-10-8-6-4-2/h5,7,11,13,17-18,20-21,40,42-47,49-53H,3-4,6,8-10,12,14-16,19,22-39H2,1-2H3,(H,54,55)/b7-5-,13-11-,18-17-,21-20-. The van der Waals surface area contributed by atoms with E-state index in [-0.39, 0.29) is 13.0 Å². The number of carbonyl (C=O) groups is 1. The van der Waals surface area contributed by atoms with E-state index in [1.807, 2.05) is 0 Å². The first kappa shape index (κ1) is 56.3. The van der Waals surface area contributed by atoms with Gasteiger partial charge in [-0.3, -0.25) is 13.8 Å². The van der Waals surface area contributed by atoms with Crippen molar-refractivity contribution < 1.29 is 58.3 Å². The van der Waals surface area contributed by atoms with Crippen molar-refractivity contribution in [1.29, 1.82) is 0 Å². The molecule has 12 nitrogen and oxygen atoms in total. The van der Waals surface area contributed by atoms with Crippen LogP contribution in [0.15, 0.2) is 48.6 Å². The molecule has 0 aromatic rings. The first-order valence-electron chi connectivity index (χ1n) is 23.5. The molecule has 0 amide bonds. The highest BCUT2D eigenvalue weighted by Crippen LogP contribution is 2.47. The lowest BCUT2D eigenvalue weighted by molar-refractivity contribution is -0.220. The van der Waals surface area contributed by atoms with Gasteiger partial charge in [0.1, 0.15) is 42.7 Å². The summed E-state index contributed by atoms with van der Waals surface area (Å²) in [7, 11) is -5.02. The van der Waals surface area contributed by atoms with Gasteiger partial charge in [-0.1, -0.05) is 172 Å². The summed E-state index contributed by atoms with van der Waals surface area (Å²) in [5.74, 6) is -0.482. The van der Waals surface area contributed by atoms with E-state index < -0.39 is 63.1 Å². The molecule has 1 saturated carbocycles. The number of unbranched alkanes of at least 4 members (excludes halogenated alkanes) is 19. The molecule has 1 aliphatic rings. The number of esters is 1. The Kier molecular flexibility index (Phi) is 35.5. The summed E-state index contributed by atoms with van der Waals surface area (Å²) in [5.41, 5.74) is 0. The number of allylic oxidation sites excluding steroid dienone is 8. The summed E-state index contributed by atoms with van der Waals surface area (Å²) in [6.45, 7) is 4.12. The summed E-state index contributed by atoms with van der Waals surface area (Å²) in [4.78, 5) is 23.1. The highest BCUT2D eigenvalue weighted by atomic mass is 31.2. The summed E-state index contributed by atoms with van der Waals surface area (Å²) >= 11 is 0. The molecule has 1 rings (SSSR count). The summed E-state index contributed by atoms with van der Waals surface area (Å²) < 4.78 is 34.2. The Morgan fingerprint density at radius 2 is 0.983 bits per heavy atom. The maximum Gasteiger partial charge on any atom is 0.472 e. The van der Waals surface area contributed by atoms with Gasteiger partial charge in [-0.05, 0) is 51.4 Å². The Bertz CT molecular complexity index is 1180. The molecule has 6 atom stereocenters. The second-order valence-electron chi connectivity index (χ2n) is 16.2. The third-order valence-electron chi connectivity index (χ3n) is 10.7. The smallest absolute Gasteiger partial charge is 0.457 e. The van der Waals surface area contributed by atoms with Crippen LogP contribution in [0.1, 0.15) is 181 Å². The van der Waals surface area contributed by atoms with E-state index in [1.165, 1.54) is 77.0 Å². The molecule has 350 valence electrons. The number of hydrogen-bond acceptors (Lipinski definition) is 11. The molecule has 1 fully saturated rings. The van der Waals surface area contributed by atoms with Gasteiger partial charge < -0.3 is 39.9 Å². The zero-order valence-electron chi connectivity index (χ0n) is 37.2. The van der Waals surface area contributed by atoms with Crippen LogP contribution in [-0.2, 0) is 27.9 Å². The fraction of sp³-hybridized carbons (Fsp3) is 0.809. The Morgan fingerprint density at radius 3 is 1.50 bits per heavy atom. The molecule has 0 radical (unpaired) electrons. The number of aliphatic hydroxyl groups is 5. The molecule has 0 aromatic carbocycles. The van der Waals surface area contributed by atoms with E-state index in [4.69, 9.17) is 18.5 Å². The van der Waals surface area contributed by atoms with Crippen LogP contribution in [0.2, 0.25) is 0 Å².